The smallest absolute Gasteiger partial charge is 0.242 e. The van der Waals surface area contributed by atoms with Gasteiger partial charge < -0.3 is 14.8 Å². The zero-order valence-corrected chi connectivity index (χ0v) is 21.4. The largest absolute Gasteiger partial charge is 0.337 e. The lowest BCUT2D eigenvalue weighted by atomic mass is 10.1. The van der Waals surface area contributed by atoms with E-state index in [2.05, 4.69) is 5.32 Å². The number of amides is 2. The first-order valence-electron chi connectivity index (χ1n) is 11.4. The van der Waals surface area contributed by atoms with Gasteiger partial charge in [-0.15, -0.1) is 0 Å². The summed E-state index contributed by atoms with van der Waals surface area (Å²) in [5, 5.41) is 3.19. The average Bonchev–Trinajstić information content (AvgIpc) is 3.05. The highest BCUT2D eigenvalue weighted by molar-refractivity contribution is 7.92. The van der Waals surface area contributed by atoms with E-state index in [-0.39, 0.29) is 29.4 Å². The van der Waals surface area contributed by atoms with E-state index in [1.807, 2.05) is 47.6 Å². The fourth-order valence-electron chi connectivity index (χ4n) is 4.49. The molecule has 0 atom stereocenters. The van der Waals surface area contributed by atoms with Gasteiger partial charge in [-0.3, -0.25) is 9.59 Å². The number of nitrogens with one attached hydrogen (secondary N) is 1. The minimum Gasteiger partial charge on any atom is -0.337 e. The third-order valence-corrected chi connectivity index (χ3v) is 7.26. The van der Waals surface area contributed by atoms with Gasteiger partial charge in [0.15, 0.2) is 9.84 Å². The summed E-state index contributed by atoms with van der Waals surface area (Å²) in [4.78, 5) is 27.5. The molecule has 3 aromatic rings. The van der Waals surface area contributed by atoms with Crippen LogP contribution >= 0.6 is 0 Å². The van der Waals surface area contributed by atoms with Gasteiger partial charge in [0.05, 0.1) is 4.90 Å². The summed E-state index contributed by atoms with van der Waals surface area (Å²) in [6.45, 7) is 11.7. The number of sulfone groups is 1. The van der Waals surface area contributed by atoms with Crippen LogP contribution in [0.2, 0.25) is 0 Å². The number of para-hydroxylation sites is 1. The predicted octanol–water partition coefficient (Wildman–Crippen LogP) is 4.32. The second-order valence-electron chi connectivity index (χ2n) is 9.31. The first-order valence-corrected chi connectivity index (χ1v) is 13.0. The quantitative estimate of drug-likeness (QED) is 0.517. The van der Waals surface area contributed by atoms with E-state index in [9.17, 15) is 18.0 Å². The van der Waals surface area contributed by atoms with Gasteiger partial charge in [-0.25, -0.2) is 8.42 Å². The predicted molar refractivity (Wildman–Crippen MR) is 136 cm³/mol. The van der Waals surface area contributed by atoms with Crippen molar-refractivity contribution in [3.05, 3.63) is 59.8 Å². The van der Waals surface area contributed by atoms with E-state index in [1.165, 1.54) is 6.20 Å². The highest BCUT2D eigenvalue weighted by atomic mass is 32.2. The first-order chi connectivity index (χ1) is 15.9. The number of hydrogen-bond donors (Lipinski definition) is 1. The van der Waals surface area contributed by atoms with Crippen molar-refractivity contribution >= 4 is 38.2 Å². The fraction of sp³-hybridized carbons (Fsp3) is 0.385. The van der Waals surface area contributed by atoms with Crippen LogP contribution in [0.1, 0.15) is 38.8 Å². The third kappa shape index (κ3) is 5.67. The first kappa shape index (κ1) is 25.5. The molecule has 34 heavy (non-hydrogen) atoms. The third-order valence-electron chi connectivity index (χ3n) is 5.62. The Hall–Kier alpha value is -3.13. The van der Waals surface area contributed by atoms with Crippen LogP contribution in [0, 0.1) is 13.8 Å². The SMILES string of the molecule is Cc1cc(C)cc(NC(=O)CS(=O)(=O)c2cn(CC(=O)N(C(C)C)C(C)C)c3ccccc23)c1. The molecule has 0 radical (unpaired) electrons. The van der Waals surface area contributed by atoms with E-state index >= 15 is 0 Å². The molecule has 2 amide bonds. The summed E-state index contributed by atoms with van der Waals surface area (Å²) in [5.41, 5.74) is 3.15. The average molecular weight is 484 g/mol. The highest BCUT2D eigenvalue weighted by Gasteiger charge is 2.26. The number of carbonyl (C=O) groups is 2. The summed E-state index contributed by atoms with van der Waals surface area (Å²) in [7, 11) is -3.95. The lowest BCUT2D eigenvalue weighted by Gasteiger charge is -2.31. The standard InChI is InChI=1S/C26H33N3O4S/c1-17(2)29(18(3)4)26(31)15-28-14-24(22-9-7-8-10-23(22)28)34(32,33)16-25(30)27-21-12-19(5)11-20(6)13-21/h7-14,17-18H,15-16H2,1-6H3,(H,27,30). The van der Waals surface area contributed by atoms with Crippen molar-refractivity contribution in [1.82, 2.24) is 9.47 Å². The minimum atomic E-state index is -3.95. The Kier molecular flexibility index (Phi) is 7.51. The monoisotopic (exact) mass is 483 g/mol. The maximum Gasteiger partial charge on any atom is 0.242 e. The fourth-order valence-corrected chi connectivity index (χ4v) is 5.85. The maximum absolute atomic E-state index is 13.3. The molecule has 0 aliphatic heterocycles. The molecule has 2 aromatic carbocycles. The molecule has 0 spiro atoms. The molecule has 3 rings (SSSR count). The van der Waals surface area contributed by atoms with E-state index in [4.69, 9.17) is 0 Å². The zero-order chi connectivity index (χ0) is 25.2. The number of rotatable bonds is 8. The summed E-state index contributed by atoms with van der Waals surface area (Å²) < 4.78 is 28.2. The number of carbonyl (C=O) groups excluding carboxylic acids is 2. The van der Waals surface area contributed by atoms with Crippen molar-refractivity contribution in [1.29, 1.82) is 0 Å². The molecule has 0 saturated carbocycles. The number of benzene rings is 2. The van der Waals surface area contributed by atoms with E-state index in [1.54, 1.807) is 45.9 Å². The molecular weight excluding hydrogens is 450 g/mol. The van der Waals surface area contributed by atoms with Crippen molar-refractivity contribution in [2.75, 3.05) is 11.1 Å². The van der Waals surface area contributed by atoms with E-state index < -0.39 is 21.5 Å². The van der Waals surface area contributed by atoms with Crippen molar-refractivity contribution in [2.24, 2.45) is 0 Å². The van der Waals surface area contributed by atoms with Gasteiger partial charge in [-0.1, -0.05) is 24.3 Å². The van der Waals surface area contributed by atoms with Gasteiger partial charge in [0.2, 0.25) is 11.8 Å². The van der Waals surface area contributed by atoms with Crippen LogP contribution in [0.15, 0.2) is 53.6 Å². The Morgan fingerprint density at radius 3 is 2.15 bits per heavy atom. The normalized spacial score (nSPS) is 11.9. The summed E-state index contributed by atoms with van der Waals surface area (Å²) in [6.07, 6.45) is 1.47. The Balaban J connectivity index is 1.90. The van der Waals surface area contributed by atoms with Gasteiger partial charge in [-0.05, 0) is 70.9 Å². The van der Waals surface area contributed by atoms with Gasteiger partial charge in [0, 0.05) is 34.9 Å². The minimum absolute atomic E-state index is 0.0150. The zero-order valence-electron chi connectivity index (χ0n) is 20.6. The van der Waals surface area contributed by atoms with Crippen molar-refractivity contribution in [3.63, 3.8) is 0 Å². The summed E-state index contributed by atoms with van der Waals surface area (Å²) in [5.74, 6) is -1.39. The van der Waals surface area contributed by atoms with E-state index in [0.717, 1.165) is 11.1 Å². The number of hydrogen-bond acceptors (Lipinski definition) is 4. The van der Waals surface area contributed by atoms with Crippen molar-refractivity contribution in [2.45, 2.75) is 65.1 Å². The molecule has 1 heterocycles. The lowest BCUT2D eigenvalue weighted by Crippen LogP contribution is -2.43. The molecule has 1 N–H and O–H groups in total. The molecule has 8 heteroatoms. The molecule has 0 saturated heterocycles. The number of fused-ring (bicyclic) bond motifs is 1. The number of nitrogens with zero attached hydrogens (tertiary/aromatic N) is 2. The van der Waals surface area contributed by atoms with Crippen LogP contribution in [0.5, 0.6) is 0 Å². The van der Waals surface area contributed by atoms with Crippen LogP contribution in [0.3, 0.4) is 0 Å². The molecule has 0 aliphatic carbocycles. The highest BCUT2D eigenvalue weighted by Crippen LogP contribution is 2.27. The molecule has 7 nitrogen and oxygen atoms in total. The van der Waals surface area contributed by atoms with Gasteiger partial charge in [0.1, 0.15) is 12.3 Å². The van der Waals surface area contributed by atoms with Crippen LogP contribution in [-0.2, 0) is 26.0 Å². The molecule has 1 aromatic heterocycles. The topological polar surface area (TPSA) is 88.5 Å². The van der Waals surface area contributed by atoms with Crippen LogP contribution in [0.25, 0.3) is 10.9 Å². The molecule has 0 fully saturated rings. The Labute approximate surface area is 201 Å². The molecular formula is C26H33N3O4S. The Morgan fingerprint density at radius 2 is 1.56 bits per heavy atom. The number of anilines is 1. The van der Waals surface area contributed by atoms with Crippen LogP contribution in [0.4, 0.5) is 5.69 Å². The van der Waals surface area contributed by atoms with Crippen LogP contribution < -0.4 is 5.32 Å². The summed E-state index contributed by atoms with van der Waals surface area (Å²) in [6, 6.07) is 12.6. The van der Waals surface area contributed by atoms with Crippen LogP contribution in [-0.4, -0.2) is 47.5 Å². The Morgan fingerprint density at radius 1 is 0.971 bits per heavy atom. The van der Waals surface area contributed by atoms with Crippen molar-refractivity contribution in [3.8, 4) is 0 Å². The second-order valence-corrected chi connectivity index (χ2v) is 11.3. The number of aryl methyl sites for hydroxylation is 2. The molecule has 0 aliphatic rings. The number of aromatic nitrogens is 1. The van der Waals surface area contributed by atoms with E-state index in [0.29, 0.717) is 16.6 Å². The lowest BCUT2D eigenvalue weighted by molar-refractivity contribution is -0.135. The van der Waals surface area contributed by atoms with Gasteiger partial charge in [0.25, 0.3) is 0 Å². The molecule has 0 unspecified atom stereocenters. The van der Waals surface area contributed by atoms with Gasteiger partial charge >= 0.3 is 0 Å². The summed E-state index contributed by atoms with van der Waals surface area (Å²) >= 11 is 0. The maximum atomic E-state index is 13.3. The Bertz CT molecular complexity index is 1290. The van der Waals surface area contributed by atoms with Crippen molar-refractivity contribution < 1.29 is 18.0 Å². The van der Waals surface area contributed by atoms with Gasteiger partial charge in [-0.2, -0.15) is 0 Å². The second kappa shape index (κ2) is 10.0. The molecule has 182 valence electrons. The molecule has 0 bridgehead atoms.